The maximum atomic E-state index is 12.1. The van der Waals surface area contributed by atoms with E-state index in [1.165, 1.54) is 0 Å². The molecule has 96 valence electrons. The Morgan fingerprint density at radius 1 is 1.41 bits per heavy atom. The van der Waals surface area contributed by atoms with Crippen LogP contribution < -0.4 is 5.32 Å². The second-order valence-electron chi connectivity index (χ2n) is 5.12. The number of likely N-dealkylation sites (tertiary alicyclic amines) is 1. The van der Waals surface area contributed by atoms with Crippen LogP contribution in [0.5, 0.6) is 0 Å². The van der Waals surface area contributed by atoms with Crippen LogP contribution >= 0.6 is 0 Å². The van der Waals surface area contributed by atoms with Gasteiger partial charge in [0.25, 0.3) is 0 Å². The number of carbonyl (C=O) groups is 2. The van der Waals surface area contributed by atoms with E-state index in [1.807, 2.05) is 11.8 Å². The molecule has 2 rings (SSSR count). The van der Waals surface area contributed by atoms with Crippen LogP contribution in [0.4, 0.5) is 0 Å². The summed E-state index contributed by atoms with van der Waals surface area (Å²) in [5, 5.41) is 12.3. The molecule has 2 aliphatic heterocycles. The molecule has 0 spiro atoms. The average Bonchev–Trinajstić information content (AvgIpc) is 2.76. The van der Waals surface area contributed by atoms with Crippen molar-refractivity contribution in [1.82, 2.24) is 10.2 Å². The van der Waals surface area contributed by atoms with Gasteiger partial charge in [0.05, 0.1) is 24.0 Å². The Labute approximate surface area is 101 Å². The molecule has 2 heterocycles. The van der Waals surface area contributed by atoms with Crippen LogP contribution in [0, 0.1) is 11.8 Å². The Hall–Kier alpha value is -1.10. The number of nitrogens with zero attached hydrogens (tertiary/aromatic N) is 1. The Bertz CT molecular complexity index is 324. The van der Waals surface area contributed by atoms with Crippen molar-refractivity contribution in [3.8, 4) is 0 Å². The van der Waals surface area contributed by atoms with E-state index in [9.17, 15) is 14.7 Å². The summed E-state index contributed by atoms with van der Waals surface area (Å²) in [4.78, 5) is 25.3. The van der Waals surface area contributed by atoms with Crippen LogP contribution in [0.1, 0.15) is 26.7 Å². The summed E-state index contributed by atoms with van der Waals surface area (Å²) in [5.41, 5.74) is 0. The summed E-state index contributed by atoms with van der Waals surface area (Å²) < 4.78 is 0. The third kappa shape index (κ3) is 2.16. The number of hydrogen-bond donors (Lipinski definition) is 2. The molecule has 2 aliphatic rings. The molecule has 4 atom stereocenters. The van der Waals surface area contributed by atoms with Gasteiger partial charge in [0.2, 0.25) is 11.8 Å². The number of rotatable bonds is 3. The Balaban J connectivity index is 1.97. The van der Waals surface area contributed by atoms with Crippen molar-refractivity contribution in [1.29, 1.82) is 0 Å². The lowest BCUT2D eigenvalue weighted by atomic mass is 9.78. The summed E-state index contributed by atoms with van der Waals surface area (Å²) in [6.07, 6.45) is 1.44. The van der Waals surface area contributed by atoms with Gasteiger partial charge in [0.1, 0.15) is 0 Å². The monoisotopic (exact) mass is 240 g/mol. The van der Waals surface area contributed by atoms with E-state index in [1.54, 1.807) is 6.92 Å². The molecule has 0 unspecified atom stereocenters. The van der Waals surface area contributed by atoms with Crippen LogP contribution in [-0.4, -0.2) is 47.1 Å². The zero-order valence-electron chi connectivity index (χ0n) is 10.3. The van der Waals surface area contributed by atoms with Crippen molar-refractivity contribution in [3.05, 3.63) is 0 Å². The molecule has 0 aliphatic carbocycles. The van der Waals surface area contributed by atoms with E-state index in [4.69, 9.17) is 0 Å². The molecule has 2 fully saturated rings. The van der Waals surface area contributed by atoms with Crippen molar-refractivity contribution in [2.75, 3.05) is 13.1 Å². The zero-order chi connectivity index (χ0) is 12.6. The molecule has 5 nitrogen and oxygen atoms in total. The third-order valence-electron chi connectivity index (χ3n) is 3.86. The maximum Gasteiger partial charge on any atom is 0.228 e. The molecule has 0 bridgehead atoms. The fraction of sp³-hybridized carbons (Fsp3) is 0.833. The molecule has 2 saturated heterocycles. The lowest BCUT2D eigenvalue weighted by molar-refractivity contribution is -0.148. The van der Waals surface area contributed by atoms with E-state index in [2.05, 4.69) is 5.32 Å². The first kappa shape index (κ1) is 12.4. The second-order valence-corrected chi connectivity index (χ2v) is 5.12. The van der Waals surface area contributed by atoms with E-state index >= 15 is 0 Å². The molecule has 17 heavy (non-hydrogen) atoms. The summed E-state index contributed by atoms with van der Waals surface area (Å²) in [7, 11) is 0. The average molecular weight is 240 g/mol. The number of amides is 2. The predicted octanol–water partition coefficient (Wildman–Crippen LogP) is -0.260. The summed E-state index contributed by atoms with van der Waals surface area (Å²) in [6, 6.07) is -0.212. The molecule has 0 aromatic rings. The van der Waals surface area contributed by atoms with Crippen molar-refractivity contribution in [2.45, 2.75) is 38.8 Å². The molecule has 2 N–H and O–H groups in total. The van der Waals surface area contributed by atoms with Crippen LogP contribution in [0.15, 0.2) is 0 Å². The number of aliphatic hydroxyl groups is 1. The standard InChI is InChI=1S/C12H20N2O3/c1-7(12(17)14-5-3-4-6-14)10-9(8(2)15)11(16)13-10/h7-10,15H,3-6H2,1-2H3,(H,13,16)/t7-,8-,9-,10-/m1/s1. The Kier molecular flexibility index (Phi) is 3.38. The fourth-order valence-electron chi connectivity index (χ4n) is 2.75. The van der Waals surface area contributed by atoms with Gasteiger partial charge >= 0.3 is 0 Å². The lowest BCUT2D eigenvalue weighted by Gasteiger charge is -2.42. The largest absolute Gasteiger partial charge is 0.393 e. The van der Waals surface area contributed by atoms with E-state index in [0.717, 1.165) is 25.9 Å². The third-order valence-corrected chi connectivity index (χ3v) is 3.86. The van der Waals surface area contributed by atoms with Gasteiger partial charge < -0.3 is 15.3 Å². The van der Waals surface area contributed by atoms with Crippen LogP contribution in [-0.2, 0) is 9.59 Å². The second kappa shape index (κ2) is 4.64. The first-order chi connectivity index (χ1) is 8.02. The topological polar surface area (TPSA) is 69.6 Å². The van der Waals surface area contributed by atoms with E-state index in [0.29, 0.717) is 0 Å². The molecule has 0 aromatic carbocycles. The highest BCUT2D eigenvalue weighted by Crippen LogP contribution is 2.27. The highest BCUT2D eigenvalue weighted by Gasteiger charge is 2.47. The van der Waals surface area contributed by atoms with E-state index in [-0.39, 0.29) is 23.8 Å². The van der Waals surface area contributed by atoms with Gasteiger partial charge in [0, 0.05) is 13.1 Å². The fourth-order valence-corrected chi connectivity index (χ4v) is 2.75. The molecule has 0 aromatic heterocycles. The zero-order valence-corrected chi connectivity index (χ0v) is 10.3. The van der Waals surface area contributed by atoms with Crippen molar-refractivity contribution < 1.29 is 14.7 Å². The minimum Gasteiger partial charge on any atom is -0.393 e. The number of β-lactam (4-membered cyclic amide) rings is 1. The normalized spacial score (nSPS) is 31.7. The molecule has 5 heteroatoms. The predicted molar refractivity (Wildman–Crippen MR) is 62.1 cm³/mol. The highest BCUT2D eigenvalue weighted by molar-refractivity contribution is 5.90. The number of aliphatic hydroxyl groups excluding tert-OH is 1. The number of carbonyl (C=O) groups excluding carboxylic acids is 2. The van der Waals surface area contributed by atoms with Gasteiger partial charge in [-0.05, 0) is 19.8 Å². The van der Waals surface area contributed by atoms with Gasteiger partial charge in [-0.1, -0.05) is 6.92 Å². The molecular weight excluding hydrogens is 220 g/mol. The smallest absolute Gasteiger partial charge is 0.228 e. The van der Waals surface area contributed by atoms with Crippen LogP contribution in [0.2, 0.25) is 0 Å². The van der Waals surface area contributed by atoms with Gasteiger partial charge in [-0.25, -0.2) is 0 Å². The highest BCUT2D eigenvalue weighted by atomic mass is 16.3. The number of hydrogen-bond acceptors (Lipinski definition) is 3. The summed E-state index contributed by atoms with van der Waals surface area (Å²) >= 11 is 0. The first-order valence-corrected chi connectivity index (χ1v) is 6.29. The quantitative estimate of drug-likeness (QED) is 0.668. The van der Waals surface area contributed by atoms with Crippen molar-refractivity contribution in [3.63, 3.8) is 0 Å². The van der Waals surface area contributed by atoms with Crippen LogP contribution in [0.25, 0.3) is 0 Å². The van der Waals surface area contributed by atoms with Gasteiger partial charge in [-0.15, -0.1) is 0 Å². The minimum absolute atomic E-state index is 0.0955. The van der Waals surface area contributed by atoms with Crippen molar-refractivity contribution in [2.24, 2.45) is 11.8 Å². The maximum absolute atomic E-state index is 12.1. The number of nitrogens with one attached hydrogen (secondary N) is 1. The summed E-state index contributed by atoms with van der Waals surface area (Å²) in [6.45, 7) is 5.08. The molecule has 0 saturated carbocycles. The van der Waals surface area contributed by atoms with Gasteiger partial charge in [-0.3, -0.25) is 9.59 Å². The lowest BCUT2D eigenvalue weighted by Crippen LogP contribution is -2.66. The van der Waals surface area contributed by atoms with E-state index < -0.39 is 12.0 Å². The van der Waals surface area contributed by atoms with Crippen molar-refractivity contribution >= 4 is 11.8 Å². The molecular formula is C12H20N2O3. The SMILES string of the molecule is C[C@@H](O)[C@H]1C(=O)N[C@@H]1[C@@H](C)C(=O)N1CCCC1. The van der Waals surface area contributed by atoms with Gasteiger partial charge in [0.15, 0.2) is 0 Å². The van der Waals surface area contributed by atoms with Gasteiger partial charge in [-0.2, -0.15) is 0 Å². The Morgan fingerprint density at radius 2 is 2.00 bits per heavy atom. The molecule has 0 radical (unpaired) electrons. The first-order valence-electron chi connectivity index (χ1n) is 6.29. The minimum atomic E-state index is -0.692. The Morgan fingerprint density at radius 3 is 2.47 bits per heavy atom. The summed E-state index contributed by atoms with van der Waals surface area (Å²) in [5.74, 6) is -0.730. The molecule has 2 amide bonds. The van der Waals surface area contributed by atoms with Crippen LogP contribution in [0.3, 0.4) is 0 Å².